The van der Waals surface area contributed by atoms with E-state index in [0.29, 0.717) is 184 Å². The summed E-state index contributed by atoms with van der Waals surface area (Å²) in [5, 5.41) is 0. The molecule has 9 N–H and O–H groups in total. The molecule has 14 heterocycles. The number of piperidine rings is 1. The molecule has 6 aliphatic heterocycles. The number of pyridine rings is 2. The number of benzene rings is 2. The summed E-state index contributed by atoms with van der Waals surface area (Å²) < 4.78 is 88.9. The summed E-state index contributed by atoms with van der Waals surface area (Å²) in [5.74, 6) is 4.23. The van der Waals surface area contributed by atoms with Crippen molar-refractivity contribution >= 4 is 78.6 Å². The van der Waals surface area contributed by atoms with Crippen LogP contribution in [0.1, 0.15) is 49.0 Å². The minimum Gasteiger partial charge on any atom is -0.385 e. The van der Waals surface area contributed by atoms with E-state index >= 15 is 0 Å². The third-order valence-corrected chi connectivity index (χ3v) is 20.7. The molecule has 114 heavy (non-hydrogen) atoms. The number of hydrogen-bond donors (Lipinski definition) is 5. The fraction of sp³-hybridized carbons (Fsp3) is 0.403. The first kappa shape index (κ1) is 86.6. The van der Waals surface area contributed by atoms with Crippen molar-refractivity contribution in [3.63, 3.8) is 0 Å². The highest BCUT2D eigenvalue weighted by atomic mass is 32.2. The van der Waals surface area contributed by atoms with Crippen molar-refractivity contribution in [3.05, 3.63) is 138 Å². The second-order valence-corrected chi connectivity index (χ2v) is 30.3. The number of morpholine rings is 5. The molecule has 8 aromatic heterocycles. The Morgan fingerprint density at radius 1 is 0.368 bits per heavy atom. The number of nitrogens with zero attached hydrogens (tertiary/aromatic N) is 19. The third kappa shape index (κ3) is 22.5. The summed E-state index contributed by atoms with van der Waals surface area (Å²) in [4.78, 5) is 85.6. The Kier molecular flexibility index (Phi) is 30.3. The molecule has 16 rings (SSSR count). The lowest BCUT2D eigenvalue weighted by Crippen LogP contribution is -2.39. The van der Waals surface area contributed by atoms with Gasteiger partial charge in [0.25, 0.3) is 5.56 Å². The first-order valence-corrected chi connectivity index (χ1v) is 39.6. The summed E-state index contributed by atoms with van der Waals surface area (Å²) in [6.07, 6.45) is 12.3. The molecular weight excluding hydrogens is 1500 g/mol. The van der Waals surface area contributed by atoms with E-state index in [-0.39, 0.29) is 62.8 Å². The molecule has 0 saturated carbocycles. The van der Waals surface area contributed by atoms with Crippen LogP contribution >= 0.6 is 0 Å². The van der Waals surface area contributed by atoms with Crippen molar-refractivity contribution in [1.29, 1.82) is 0 Å². The summed E-state index contributed by atoms with van der Waals surface area (Å²) in [7, 11) is -6.60. The summed E-state index contributed by atoms with van der Waals surface area (Å²) >= 11 is 0. The average molecular weight is 1610 g/mol. The largest absolute Gasteiger partial charge is 0.385 e. The Bertz CT molecular complexity index is 5040. The van der Waals surface area contributed by atoms with Gasteiger partial charge in [-0.1, -0.05) is 54.0 Å². The first-order chi connectivity index (χ1) is 53.2. The second-order valence-electron chi connectivity index (χ2n) is 26.2. The van der Waals surface area contributed by atoms with Gasteiger partial charge in [-0.25, -0.2) is 71.7 Å². The van der Waals surface area contributed by atoms with Gasteiger partial charge in [0.2, 0.25) is 41.6 Å². The molecule has 608 valence electrons. The maximum atomic E-state index is 14.4. The molecule has 0 aliphatic carbocycles. The number of nitrogens with two attached hydrogens (primary N) is 4. The number of hydrogen-bond acceptors (Lipinski definition) is 33. The van der Waals surface area contributed by atoms with Gasteiger partial charge in [-0.3, -0.25) is 4.79 Å². The van der Waals surface area contributed by atoms with E-state index in [2.05, 4.69) is 74.3 Å². The molecule has 6 saturated heterocycles. The van der Waals surface area contributed by atoms with Gasteiger partial charge in [0.1, 0.15) is 23.3 Å². The maximum Gasteiger partial charge on any atom is 0.258 e. The number of aromatic amines is 1. The van der Waals surface area contributed by atoms with Crippen molar-refractivity contribution in [2.45, 2.75) is 58.8 Å². The average Bonchev–Trinajstić information content (AvgIpc) is 0.810. The normalized spacial score (nSPS) is 15.8. The molecule has 0 unspecified atom stereocenters. The number of H-pyrrole nitrogens is 1. The highest BCUT2D eigenvalue weighted by Crippen LogP contribution is 2.33. The van der Waals surface area contributed by atoms with E-state index in [1.165, 1.54) is 18.9 Å². The molecule has 6 fully saturated rings. The molecule has 0 amide bonds. The van der Waals surface area contributed by atoms with Gasteiger partial charge in [0.05, 0.1) is 121 Å². The molecule has 2 aromatic carbocycles. The molecular formula is C77H101FN24O10S2. The molecule has 0 spiro atoms. The zero-order valence-electron chi connectivity index (χ0n) is 60.8. The molecule has 34 nitrogen and oxygen atoms in total. The zero-order valence-corrected chi connectivity index (χ0v) is 62.4. The van der Waals surface area contributed by atoms with Crippen LogP contribution in [0.15, 0.2) is 136 Å². The fourth-order valence-corrected chi connectivity index (χ4v) is 13.8. The van der Waals surface area contributed by atoms with Crippen LogP contribution in [0.5, 0.6) is 0 Å². The monoisotopic (exact) mass is 1600 g/mol. The van der Waals surface area contributed by atoms with Crippen LogP contribution < -0.4 is 57.9 Å². The Hall–Kier alpha value is -11.3. The minimum atomic E-state index is -3.34. The quantitative estimate of drug-likeness (QED) is 0.0655. The lowest BCUT2D eigenvalue weighted by atomic mass is 10.1. The lowest BCUT2D eigenvalue weighted by molar-refractivity contribution is 0.121. The summed E-state index contributed by atoms with van der Waals surface area (Å²) in [6.45, 7) is 15.4. The second kappa shape index (κ2) is 39.9. The first-order valence-electron chi connectivity index (χ1n) is 35.8. The van der Waals surface area contributed by atoms with Crippen LogP contribution in [0.3, 0.4) is 0 Å². The highest BCUT2D eigenvalue weighted by Gasteiger charge is 2.26. The van der Waals surface area contributed by atoms with Gasteiger partial charge in [-0.15, -0.1) is 0 Å². The lowest BCUT2D eigenvalue weighted by Gasteiger charge is -2.31. The van der Waals surface area contributed by atoms with Crippen molar-refractivity contribution in [3.8, 4) is 67.5 Å². The number of ether oxygens (including phenoxy) is 5. The standard InChI is InChI=1S/2C19H20N6O3S.C18H23FN6O.C17H22N6O3.4CH4/c1-29(26,27)15-4-2-13(3-5-15)16-10-17(14-11-21-18(20)22-12-14)24-19(23-16)25-6-8-28-9-7-25;1-29(26,27)15-4-2-3-13(9-15)16-10-17(14-11-21-18(20)22-12-14)24-19(23-16)25-5-7-28-8-6-25;19-17-13(4-5-15(20)22-17)14-12-16(24-8-10-26-11-9-24)23-18(21-14)25-6-2-1-3-7-25;18-14-2-1-12(16(24)20-14)13-11-15(22-3-7-25-8-4-22)21-17(19-13)23-5-9-26-10-6-23;;;;/h2-5,10-12H,6-9H2,1H3,(H2,20,21,22);2-4,9-12H,5-8H2,1H3,(H2,20,21,22);4-5,12H,1-3,6-11H2,(H2,20,22);1-2,11H,3-10H2,(H3,18,20,24);4*1H4. The van der Waals surface area contributed by atoms with E-state index in [1.54, 1.807) is 97.6 Å². The van der Waals surface area contributed by atoms with Gasteiger partial charge in [-0.05, 0) is 79.9 Å². The van der Waals surface area contributed by atoms with Crippen LogP contribution in [0.4, 0.5) is 63.4 Å². The minimum absolute atomic E-state index is 0. The molecule has 0 bridgehead atoms. The number of nitrogen functional groups attached to an aromatic ring is 4. The van der Waals surface area contributed by atoms with Crippen LogP contribution in [0, 0.1) is 5.95 Å². The smallest absolute Gasteiger partial charge is 0.258 e. The van der Waals surface area contributed by atoms with Gasteiger partial charge in [0.15, 0.2) is 19.7 Å². The molecule has 0 atom stereocenters. The van der Waals surface area contributed by atoms with Crippen molar-refractivity contribution in [2.75, 3.05) is 209 Å². The van der Waals surface area contributed by atoms with E-state index in [0.717, 1.165) is 82.4 Å². The van der Waals surface area contributed by atoms with Crippen LogP contribution in [-0.4, -0.2) is 244 Å². The molecule has 0 radical (unpaired) electrons. The van der Waals surface area contributed by atoms with E-state index in [9.17, 15) is 26.0 Å². The summed E-state index contributed by atoms with van der Waals surface area (Å²) in [6, 6.07) is 27.2. The van der Waals surface area contributed by atoms with Crippen LogP contribution in [0.2, 0.25) is 0 Å². The maximum absolute atomic E-state index is 14.4. The van der Waals surface area contributed by atoms with E-state index in [4.69, 9.17) is 66.6 Å². The van der Waals surface area contributed by atoms with Crippen LogP contribution in [0.25, 0.3) is 67.5 Å². The number of rotatable bonds is 14. The number of aromatic nitrogens is 14. The Morgan fingerprint density at radius 2 is 0.737 bits per heavy atom. The predicted octanol–water partition coefficient (Wildman–Crippen LogP) is 7.56. The van der Waals surface area contributed by atoms with Crippen molar-refractivity contribution in [1.82, 2.24) is 69.8 Å². The summed E-state index contributed by atoms with van der Waals surface area (Å²) in [5.41, 5.74) is 29.6. The third-order valence-electron chi connectivity index (χ3n) is 18.4. The number of sulfone groups is 2. The zero-order chi connectivity index (χ0) is 76.7. The molecule has 6 aliphatic rings. The van der Waals surface area contributed by atoms with E-state index < -0.39 is 25.6 Å². The van der Waals surface area contributed by atoms with Gasteiger partial charge in [0, 0.05) is 150 Å². The van der Waals surface area contributed by atoms with E-state index in [1.807, 2.05) is 29.2 Å². The Labute approximate surface area is 663 Å². The topological polar surface area (TPSA) is 438 Å². The van der Waals surface area contributed by atoms with Gasteiger partial charge < -0.3 is 81.0 Å². The Morgan fingerprint density at radius 3 is 1.15 bits per heavy atom. The van der Waals surface area contributed by atoms with Gasteiger partial charge in [-0.2, -0.15) is 14.4 Å². The number of nitrogens with one attached hydrogen (secondary N) is 1. The van der Waals surface area contributed by atoms with Crippen molar-refractivity contribution < 1.29 is 44.9 Å². The van der Waals surface area contributed by atoms with Crippen molar-refractivity contribution in [2.24, 2.45) is 0 Å². The Balaban J connectivity index is 0.000000172. The SMILES string of the molecule is C.C.C.C.CS(=O)(=O)c1ccc(-c2cc(-c3cnc(N)nc3)nc(N3CCOCC3)n2)cc1.CS(=O)(=O)c1cccc(-c2cc(-c3cnc(N)nc3)nc(N3CCOCC3)n2)c1.Nc1ccc(-c2cc(N3CCOCC3)nc(N3CCCCC3)n2)c(F)n1.Nc1ccc(-c2cc(N3CCOCC3)nc(N3CCOCC3)n2)c(=O)[nH]1. The highest BCUT2D eigenvalue weighted by molar-refractivity contribution is 7.91. The van der Waals surface area contributed by atoms with Crippen LogP contribution in [-0.2, 0) is 43.4 Å². The predicted molar refractivity (Wildman–Crippen MR) is 442 cm³/mol. The molecule has 10 aromatic rings. The number of halogens is 1. The van der Waals surface area contributed by atoms with Gasteiger partial charge >= 0.3 is 0 Å². The molecule has 37 heteroatoms. The fourth-order valence-electron chi connectivity index (χ4n) is 12.5. The number of anilines is 10.